The first-order valence-corrected chi connectivity index (χ1v) is 6.77. The summed E-state index contributed by atoms with van der Waals surface area (Å²) >= 11 is 3.08. The van der Waals surface area contributed by atoms with Gasteiger partial charge in [0, 0.05) is 17.1 Å². The number of hydrogen-bond donors (Lipinski definition) is 2. The molecule has 21 heavy (non-hydrogen) atoms. The summed E-state index contributed by atoms with van der Waals surface area (Å²) < 4.78 is 0.344. The maximum atomic E-state index is 12.1. The Balaban J connectivity index is 2.21. The topological polar surface area (TPSA) is 92.5 Å². The van der Waals surface area contributed by atoms with E-state index in [1.165, 1.54) is 6.07 Å². The van der Waals surface area contributed by atoms with E-state index in [4.69, 9.17) is 0 Å². The number of aromatic hydroxyl groups is 1. The Morgan fingerprint density at radius 3 is 2.57 bits per heavy atom. The van der Waals surface area contributed by atoms with E-state index in [9.17, 15) is 20.0 Å². The number of carbonyl (C=O) groups excluding carboxylic acids is 1. The van der Waals surface area contributed by atoms with Crippen LogP contribution in [0.5, 0.6) is 5.75 Å². The zero-order valence-corrected chi connectivity index (χ0v) is 12.3. The Morgan fingerprint density at radius 2 is 1.95 bits per heavy atom. The van der Waals surface area contributed by atoms with Crippen molar-refractivity contribution in [3.63, 3.8) is 0 Å². The number of nitro groups is 1. The first-order valence-electron chi connectivity index (χ1n) is 5.98. The van der Waals surface area contributed by atoms with E-state index < -0.39 is 22.3 Å². The van der Waals surface area contributed by atoms with Gasteiger partial charge < -0.3 is 10.4 Å². The standard InChI is InChI=1S/C14H11BrN2O4/c15-10-6-11(13(18)12(7-10)17(20)21)14(19)16-8-9-4-2-1-3-5-9/h1-7,18H,8H2,(H,16,19). The number of benzene rings is 2. The number of carbonyl (C=O) groups is 1. The molecule has 0 aromatic heterocycles. The molecule has 0 aliphatic heterocycles. The Kier molecular flexibility index (Phi) is 4.54. The minimum absolute atomic E-state index is 0.146. The highest BCUT2D eigenvalue weighted by molar-refractivity contribution is 9.10. The number of rotatable bonds is 4. The van der Waals surface area contributed by atoms with Crippen LogP contribution in [0.4, 0.5) is 5.69 Å². The lowest BCUT2D eigenvalue weighted by molar-refractivity contribution is -0.386. The minimum atomic E-state index is -0.742. The molecule has 0 saturated heterocycles. The summed E-state index contributed by atoms with van der Waals surface area (Å²) in [5.74, 6) is -1.23. The highest BCUT2D eigenvalue weighted by atomic mass is 79.9. The predicted octanol–water partition coefficient (Wildman–Crippen LogP) is 2.99. The molecule has 0 aliphatic rings. The summed E-state index contributed by atoms with van der Waals surface area (Å²) in [6.45, 7) is 0.263. The van der Waals surface area contributed by atoms with Gasteiger partial charge in [0.25, 0.3) is 5.91 Å². The second-order valence-corrected chi connectivity index (χ2v) is 5.16. The SMILES string of the molecule is O=C(NCc1ccccc1)c1cc(Br)cc([N+](=O)[O-])c1O. The van der Waals surface area contributed by atoms with Crippen molar-refractivity contribution in [1.29, 1.82) is 0 Å². The third kappa shape index (κ3) is 3.57. The second kappa shape index (κ2) is 6.36. The summed E-state index contributed by atoms with van der Waals surface area (Å²) in [5, 5.41) is 23.3. The molecular formula is C14H11BrN2O4. The van der Waals surface area contributed by atoms with Crippen LogP contribution in [0.2, 0.25) is 0 Å². The molecule has 1 amide bonds. The summed E-state index contributed by atoms with van der Waals surface area (Å²) in [4.78, 5) is 22.1. The lowest BCUT2D eigenvalue weighted by Gasteiger charge is -2.08. The fourth-order valence-corrected chi connectivity index (χ4v) is 2.22. The molecule has 2 N–H and O–H groups in total. The molecule has 2 rings (SSSR count). The first kappa shape index (κ1) is 15.0. The van der Waals surface area contributed by atoms with Gasteiger partial charge in [-0.25, -0.2) is 0 Å². The van der Waals surface area contributed by atoms with Gasteiger partial charge in [0.15, 0.2) is 0 Å². The van der Waals surface area contributed by atoms with Crippen molar-refractivity contribution in [2.75, 3.05) is 0 Å². The molecule has 0 heterocycles. The minimum Gasteiger partial charge on any atom is -0.502 e. The molecule has 0 saturated carbocycles. The fraction of sp³-hybridized carbons (Fsp3) is 0.0714. The number of nitro benzene ring substituents is 1. The lowest BCUT2D eigenvalue weighted by atomic mass is 10.1. The Hall–Kier alpha value is -2.41. The normalized spacial score (nSPS) is 10.1. The van der Waals surface area contributed by atoms with E-state index in [0.717, 1.165) is 11.6 Å². The molecule has 0 radical (unpaired) electrons. The smallest absolute Gasteiger partial charge is 0.312 e. The zero-order valence-electron chi connectivity index (χ0n) is 10.7. The number of halogens is 1. The zero-order chi connectivity index (χ0) is 15.4. The molecule has 108 valence electrons. The average molecular weight is 351 g/mol. The van der Waals surface area contributed by atoms with Crippen LogP contribution in [-0.4, -0.2) is 15.9 Å². The molecule has 0 atom stereocenters. The Morgan fingerprint density at radius 1 is 1.29 bits per heavy atom. The molecule has 0 fully saturated rings. The van der Waals surface area contributed by atoms with Crippen LogP contribution in [0.3, 0.4) is 0 Å². The monoisotopic (exact) mass is 350 g/mol. The third-order valence-electron chi connectivity index (χ3n) is 2.79. The number of phenols is 1. The van der Waals surface area contributed by atoms with E-state index >= 15 is 0 Å². The number of nitrogens with zero attached hydrogens (tertiary/aromatic N) is 1. The first-order chi connectivity index (χ1) is 9.99. The van der Waals surface area contributed by atoms with Gasteiger partial charge in [-0.2, -0.15) is 0 Å². The predicted molar refractivity (Wildman–Crippen MR) is 80.1 cm³/mol. The molecule has 0 spiro atoms. The molecule has 0 bridgehead atoms. The van der Waals surface area contributed by atoms with Gasteiger partial charge in [0.05, 0.1) is 10.5 Å². The van der Waals surface area contributed by atoms with Gasteiger partial charge in [-0.3, -0.25) is 14.9 Å². The van der Waals surface area contributed by atoms with Gasteiger partial charge >= 0.3 is 5.69 Å². The third-order valence-corrected chi connectivity index (χ3v) is 3.25. The van der Waals surface area contributed by atoms with Crippen molar-refractivity contribution >= 4 is 27.5 Å². The maximum Gasteiger partial charge on any atom is 0.312 e. The summed E-state index contributed by atoms with van der Waals surface area (Å²) in [6.07, 6.45) is 0. The van der Waals surface area contributed by atoms with Crippen LogP contribution < -0.4 is 5.32 Å². The fourth-order valence-electron chi connectivity index (χ4n) is 1.77. The molecule has 2 aromatic carbocycles. The van der Waals surface area contributed by atoms with Gasteiger partial charge in [-0.15, -0.1) is 0 Å². The quantitative estimate of drug-likeness (QED) is 0.654. The van der Waals surface area contributed by atoms with Crippen molar-refractivity contribution in [2.45, 2.75) is 6.54 Å². The Bertz CT molecular complexity index is 689. The van der Waals surface area contributed by atoms with Crippen LogP contribution in [0.15, 0.2) is 46.9 Å². The summed E-state index contributed by atoms with van der Waals surface area (Å²) in [6, 6.07) is 11.7. The maximum absolute atomic E-state index is 12.1. The van der Waals surface area contributed by atoms with Gasteiger partial charge in [0.1, 0.15) is 0 Å². The van der Waals surface area contributed by atoms with Gasteiger partial charge in [-0.1, -0.05) is 46.3 Å². The van der Waals surface area contributed by atoms with Crippen LogP contribution in [0.1, 0.15) is 15.9 Å². The molecule has 6 nitrogen and oxygen atoms in total. The highest BCUT2D eigenvalue weighted by Crippen LogP contribution is 2.33. The van der Waals surface area contributed by atoms with E-state index in [1.54, 1.807) is 0 Å². The van der Waals surface area contributed by atoms with Crippen molar-refractivity contribution < 1.29 is 14.8 Å². The van der Waals surface area contributed by atoms with E-state index in [1.807, 2.05) is 30.3 Å². The molecule has 7 heteroatoms. The molecule has 2 aromatic rings. The number of hydrogen-bond acceptors (Lipinski definition) is 4. The largest absolute Gasteiger partial charge is 0.502 e. The van der Waals surface area contributed by atoms with Crippen molar-refractivity contribution in [3.05, 3.63) is 68.2 Å². The van der Waals surface area contributed by atoms with Gasteiger partial charge in [0.2, 0.25) is 5.75 Å². The van der Waals surface area contributed by atoms with Crippen LogP contribution in [0.25, 0.3) is 0 Å². The van der Waals surface area contributed by atoms with Crippen LogP contribution >= 0.6 is 15.9 Å². The van der Waals surface area contributed by atoms with E-state index in [-0.39, 0.29) is 12.1 Å². The highest BCUT2D eigenvalue weighted by Gasteiger charge is 2.22. The number of amides is 1. The lowest BCUT2D eigenvalue weighted by Crippen LogP contribution is -2.23. The number of phenolic OH excluding ortho intramolecular Hbond substituents is 1. The van der Waals surface area contributed by atoms with Crippen molar-refractivity contribution in [2.24, 2.45) is 0 Å². The van der Waals surface area contributed by atoms with E-state index in [2.05, 4.69) is 21.2 Å². The summed E-state index contributed by atoms with van der Waals surface area (Å²) in [5.41, 5.74) is 0.219. The van der Waals surface area contributed by atoms with Crippen molar-refractivity contribution in [3.8, 4) is 5.75 Å². The van der Waals surface area contributed by atoms with Crippen molar-refractivity contribution in [1.82, 2.24) is 5.32 Å². The second-order valence-electron chi connectivity index (χ2n) is 4.25. The molecule has 0 aliphatic carbocycles. The average Bonchev–Trinajstić information content (AvgIpc) is 2.47. The summed E-state index contributed by atoms with van der Waals surface area (Å²) in [7, 11) is 0. The van der Waals surface area contributed by atoms with Crippen LogP contribution in [-0.2, 0) is 6.54 Å². The molecule has 0 unspecified atom stereocenters. The van der Waals surface area contributed by atoms with E-state index in [0.29, 0.717) is 4.47 Å². The molecular weight excluding hydrogens is 340 g/mol. The Labute approximate surface area is 128 Å². The van der Waals surface area contributed by atoms with Crippen LogP contribution in [0, 0.1) is 10.1 Å². The van der Waals surface area contributed by atoms with Gasteiger partial charge in [-0.05, 0) is 11.6 Å². The number of nitrogens with one attached hydrogen (secondary N) is 1.